The topological polar surface area (TPSA) is 63.3 Å². The van der Waals surface area contributed by atoms with E-state index < -0.39 is 23.1 Å². The van der Waals surface area contributed by atoms with Crippen molar-refractivity contribution < 1.29 is 18.7 Å². The summed E-state index contributed by atoms with van der Waals surface area (Å²) in [5.74, 6) is -2.66. The quantitative estimate of drug-likeness (QED) is 0.707. The van der Waals surface area contributed by atoms with Crippen LogP contribution in [0.15, 0.2) is 12.1 Å². The van der Waals surface area contributed by atoms with Crippen molar-refractivity contribution >= 4 is 5.91 Å². The average Bonchev–Trinajstić information content (AvgIpc) is 2.46. The molecule has 1 radical (unpaired) electrons. The van der Waals surface area contributed by atoms with Gasteiger partial charge in [0.15, 0.2) is 5.60 Å². The highest BCUT2D eigenvalue weighted by atomic mass is 19.1. The van der Waals surface area contributed by atoms with Gasteiger partial charge in [0.1, 0.15) is 11.6 Å². The minimum absolute atomic E-state index is 0.0564. The maximum Gasteiger partial charge on any atom is 0.254 e. The number of carbonyl (C=O) groups excluding carboxylic acids is 1. The molecule has 2 rings (SSSR count). The first-order valence-electron chi connectivity index (χ1n) is 4.30. The molecule has 0 saturated carbocycles. The van der Waals surface area contributed by atoms with Gasteiger partial charge in [0.05, 0.1) is 0 Å². The third-order valence-corrected chi connectivity index (χ3v) is 2.55. The second kappa shape index (κ2) is 3.00. The highest BCUT2D eigenvalue weighted by Gasteiger charge is 2.43. The van der Waals surface area contributed by atoms with Gasteiger partial charge in [-0.1, -0.05) is 0 Å². The van der Waals surface area contributed by atoms with Gasteiger partial charge < -0.3 is 10.8 Å². The van der Waals surface area contributed by atoms with Gasteiger partial charge in [0.2, 0.25) is 0 Å². The molecule has 0 bridgehead atoms. The van der Waals surface area contributed by atoms with Crippen LogP contribution in [0, 0.1) is 18.1 Å². The maximum absolute atomic E-state index is 13.2. The van der Waals surface area contributed by atoms with E-state index in [4.69, 9.17) is 5.73 Å². The first kappa shape index (κ1) is 10.0. The van der Waals surface area contributed by atoms with Crippen molar-refractivity contribution in [3.05, 3.63) is 41.3 Å². The molecular weight excluding hydrogens is 204 g/mol. The van der Waals surface area contributed by atoms with E-state index in [1.54, 1.807) is 0 Å². The molecule has 0 heterocycles. The monoisotopic (exact) mass is 212 g/mol. The van der Waals surface area contributed by atoms with Crippen LogP contribution < -0.4 is 5.73 Å². The van der Waals surface area contributed by atoms with Crippen LogP contribution >= 0.6 is 0 Å². The van der Waals surface area contributed by atoms with Crippen LogP contribution in [0.25, 0.3) is 0 Å². The summed E-state index contributed by atoms with van der Waals surface area (Å²) >= 11 is 0. The Morgan fingerprint density at radius 3 is 2.73 bits per heavy atom. The number of amides is 1. The lowest BCUT2D eigenvalue weighted by molar-refractivity contribution is -0.133. The second-order valence-corrected chi connectivity index (χ2v) is 3.45. The minimum atomic E-state index is -2.06. The number of carbonyl (C=O) groups is 1. The Morgan fingerprint density at radius 2 is 2.13 bits per heavy atom. The third-order valence-electron chi connectivity index (χ3n) is 2.55. The van der Waals surface area contributed by atoms with E-state index in [0.29, 0.717) is 6.07 Å². The molecule has 1 aromatic rings. The Morgan fingerprint density at radius 1 is 1.47 bits per heavy atom. The van der Waals surface area contributed by atoms with Crippen LogP contribution in [0.1, 0.15) is 11.1 Å². The molecule has 0 aromatic heterocycles. The van der Waals surface area contributed by atoms with Crippen LogP contribution in [-0.2, 0) is 16.8 Å². The lowest BCUT2D eigenvalue weighted by Crippen LogP contribution is -2.39. The van der Waals surface area contributed by atoms with E-state index in [1.165, 1.54) is 6.42 Å². The predicted molar refractivity (Wildman–Crippen MR) is 47.5 cm³/mol. The number of hydrogen-bond acceptors (Lipinski definition) is 2. The molecule has 3 nitrogen and oxygen atoms in total. The number of benzene rings is 1. The zero-order valence-corrected chi connectivity index (χ0v) is 7.63. The van der Waals surface area contributed by atoms with Crippen molar-refractivity contribution in [2.45, 2.75) is 12.0 Å². The zero-order valence-electron chi connectivity index (χ0n) is 7.63. The van der Waals surface area contributed by atoms with Crippen molar-refractivity contribution in [1.29, 1.82) is 0 Å². The Hall–Kier alpha value is -1.49. The van der Waals surface area contributed by atoms with Crippen LogP contribution in [0.5, 0.6) is 0 Å². The molecule has 0 saturated heterocycles. The van der Waals surface area contributed by atoms with E-state index in [9.17, 15) is 18.7 Å². The van der Waals surface area contributed by atoms with E-state index >= 15 is 0 Å². The van der Waals surface area contributed by atoms with Crippen LogP contribution in [0.2, 0.25) is 0 Å². The maximum atomic E-state index is 13.2. The van der Waals surface area contributed by atoms with Crippen LogP contribution in [0.4, 0.5) is 8.78 Å². The third kappa shape index (κ3) is 1.31. The predicted octanol–water partition coefficient (Wildman–Crippen LogP) is 0.398. The Kier molecular flexibility index (Phi) is 2.01. The molecule has 0 fully saturated rings. The number of fused-ring (bicyclic) bond motifs is 1. The van der Waals surface area contributed by atoms with Gasteiger partial charge in [-0.3, -0.25) is 4.79 Å². The molecule has 0 spiro atoms. The summed E-state index contributed by atoms with van der Waals surface area (Å²) in [6.45, 7) is 0. The molecular formula is C10H8F2NO2. The number of halogens is 2. The Bertz CT molecular complexity index is 447. The van der Waals surface area contributed by atoms with Crippen molar-refractivity contribution in [1.82, 2.24) is 0 Å². The SMILES string of the molecule is NC(=O)C1(O)[CH]Cc2c(F)cc(F)cc21. The lowest BCUT2D eigenvalue weighted by atomic mass is 9.95. The molecule has 1 amide bonds. The van der Waals surface area contributed by atoms with Gasteiger partial charge in [-0.05, 0) is 18.1 Å². The fraction of sp³-hybridized carbons (Fsp3) is 0.200. The van der Waals surface area contributed by atoms with Gasteiger partial charge in [-0.15, -0.1) is 0 Å². The van der Waals surface area contributed by atoms with Crippen molar-refractivity contribution in [3.63, 3.8) is 0 Å². The molecule has 0 aliphatic heterocycles. The first-order chi connectivity index (χ1) is 6.95. The number of hydrogen-bond donors (Lipinski definition) is 2. The van der Waals surface area contributed by atoms with E-state index in [0.717, 1.165) is 6.07 Å². The number of rotatable bonds is 1. The summed E-state index contributed by atoms with van der Waals surface area (Å²) in [7, 11) is 0. The van der Waals surface area contributed by atoms with Gasteiger partial charge in [0.25, 0.3) is 5.91 Å². The summed E-state index contributed by atoms with van der Waals surface area (Å²) in [5, 5.41) is 9.81. The average molecular weight is 212 g/mol. The van der Waals surface area contributed by atoms with Crippen LogP contribution in [0.3, 0.4) is 0 Å². The molecule has 1 aliphatic rings. The van der Waals surface area contributed by atoms with E-state index in [2.05, 4.69) is 0 Å². The van der Waals surface area contributed by atoms with E-state index in [-0.39, 0.29) is 17.5 Å². The fourth-order valence-electron chi connectivity index (χ4n) is 1.74. The minimum Gasteiger partial charge on any atom is -0.375 e. The van der Waals surface area contributed by atoms with Gasteiger partial charge >= 0.3 is 0 Å². The van der Waals surface area contributed by atoms with Crippen molar-refractivity contribution in [2.24, 2.45) is 5.73 Å². The molecule has 1 unspecified atom stereocenters. The summed E-state index contributed by atoms with van der Waals surface area (Å²) in [6, 6.07) is 1.63. The lowest BCUT2D eigenvalue weighted by Gasteiger charge is -2.19. The summed E-state index contributed by atoms with van der Waals surface area (Å²) in [6.07, 6.45) is 1.23. The fourth-order valence-corrected chi connectivity index (χ4v) is 1.74. The molecule has 1 aromatic carbocycles. The van der Waals surface area contributed by atoms with Crippen molar-refractivity contribution in [2.75, 3.05) is 0 Å². The zero-order chi connectivity index (χ0) is 11.2. The molecule has 15 heavy (non-hydrogen) atoms. The second-order valence-electron chi connectivity index (χ2n) is 3.45. The first-order valence-corrected chi connectivity index (χ1v) is 4.30. The molecule has 3 N–H and O–H groups in total. The number of primary amides is 1. The normalized spacial score (nSPS) is 23.9. The largest absolute Gasteiger partial charge is 0.375 e. The summed E-state index contributed by atoms with van der Waals surface area (Å²) in [4.78, 5) is 11.0. The molecule has 1 aliphatic carbocycles. The van der Waals surface area contributed by atoms with Gasteiger partial charge in [-0.2, -0.15) is 0 Å². The Balaban J connectivity index is 2.65. The molecule has 1 atom stereocenters. The van der Waals surface area contributed by atoms with E-state index in [1.807, 2.05) is 0 Å². The van der Waals surface area contributed by atoms with Gasteiger partial charge in [-0.25, -0.2) is 8.78 Å². The standard InChI is InChI=1S/C10H8F2NO2/c11-5-3-7-6(8(12)4-5)1-2-10(7,15)9(13)14/h2-4,15H,1H2,(H2,13,14). The highest BCUT2D eigenvalue weighted by Crippen LogP contribution is 2.37. The Labute approximate surface area is 84.5 Å². The molecule has 79 valence electrons. The van der Waals surface area contributed by atoms with Gasteiger partial charge in [0, 0.05) is 18.1 Å². The summed E-state index contributed by atoms with van der Waals surface area (Å²) in [5.41, 5.74) is 2.93. The van der Waals surface area contributed by atoms with Crippen molar-refractivity contribution in [3.8, 4) is 0 Å². The smallest absolute Gasteiger partial charge is 0.254 e. The number of nitrogens with two attached hydrogens (primary N) is 1. The molecule has 5 heteroatoms. The summed E-state index contributed by atoms with van der Waals surface area (Å²) < 4.78 is 26.1. The van der Waals surface area contributed by atoms with Crippen LogP contribution in [-0.4, -0.2) is 11.0 Å². The number of aliphatic hydroxyl groups is 1. The highest BCUT2D eigenvalue weighted by molar-refractivity contribution is 5.88.